The number of carbonyl (C=O) groups excluding carboxylic acids is 3. The number of phenolic OH excluding ortho intramolecular Hbond substituents is 1. The zero-order valence-electron chi connectivity index (χ0n) is 16.0. The summed E-state index contributed by atoms with van der Waals surface area (Å²) in [6.07, 6.45) is 1.28. The SMILES string of the molecule is CCOc1cc(/C=C2\SC(=O)N(CC(=O)c3ccc(Br)cc3)C2=O)cc([N+](=O)[O-])c1O. The van der Waals surface area contributed by atoms with Crippen LogP contribution in [0.15, 0.2) is 45.8 Å². The van der Waals surface area contributed by atoms with Crippen molar-refractivity contribution in [3.8, 4) is 11.5 Å². The maximum absolute atomic E-state index is 12.7. The number of amides is 2. The van der Waals surface area contributed by atoms with E-state index in [0.29, 0.717) is 17.3 Å². The van der Waals surface area contributed by atoms with Gasteiger partial charge in [-0.3, -0.25) is 29.4 Å². The molecule has 0 bridgehead atoms. The first kappa shape index (κ1) is 22.5. The molecule has 0 saturated carbocycles. The minimum atomic E-state index is -0.780. The summed E-state index contributed by atoms with van der Waals surface area (Å²) in [6.45, 7) is 1.37. The number of halogens is 1. The highest BCUT2D eigenvalue weighted by Gasteiger charge is 2.36. The average Bonchev–Trinajstić information content (AvgIpc) is 2.98. The second-order valence-corrected chi connectivity index (χ2v) is 8.18. The number of ketones is 1. The molecule has 2 aromatic rings. The number of aromatic hydroxyl groups is 1. The largest absolute Gasteiger partial charge is 0.500 e. The van der Waals surface area contributed by atoms with Crippen molar-refractivity contribution in [2.45, 2.75) is 6.92 Å². The van der Waals surface area contributed by atoms with Gasteiger partial charge in [0.25, 0.3) is 11.1 Å². The summed E-state index contributed by atoms with van der Waals surface area (Å²) in [5.74, 6) is -1.84. The number of nitrogens with zero attached hydrogens (tertiary/aromatic N) is 2. The van der Waals surface area contributed by atoms with Gasteiger partial charge in [0.05, 0.1) is 23.0 Å². The van der Waals surface area contributed by atoms with Crippen LogP contribution in [0.3, 0.4) is 0 Å². The molecule has 1 fully saturated rings. The number of hydrogen-bond donors (Lipinski definition) is 1. The van der Waals surface area contributed by atoms with Crippen molar-refractivity contribution < 1.29 is 29.2 Å². The van der Waals surface area contributed by atoms with Crippen LogP contribution in [0.4, 0.5) is 10.5 Å². The molecule has 0 aromatic heterocycles. The molecule has 1 aliphatic heterocycles. The Hall–Kier alpha value is -3.18. The van der Waals surface area contributed by atoms with Gasteiger partial charge in [-0.1, -0.05) is 28.1 Å². The molecular weight excluding hydrogens is 492 g/mol. The van der Waals surface area contributed by atoms with E-state index in [0.717, 1.165) is 15.4 Å². The summed E-state index contributed by atoms with van der Waals surface area (Å²) in [5.41, 5.74) is -0.0544. The number of rotatable bonds is 7. The van der Waals surface area contributed by atoms with Crippen LogP contribution in [-0.4, -0.2) is 45.0 Å². The lowest BCUT2D eigenvalue weighted by Crippen LogP contribution is -2.33. The Morgan fingerprint density at radius 1 is 1.29 bits per heavy atom. The number of carbonyl (C=O) groups is 3. The summed E-state index contributed by atoms with van der Waals surface area (Å²) < 4.78 is 6.00. The van der Waals surface area contributed by atoms with Crippen LogP contribution in [0.1, 0.15) is 22.8 Å². The van der Waals surface area contributed by atoms with Gasteiger partial charge in [0.1, 0.15) is 0 Å². The number of thioether (sulfide) groups is 1. The zero-order valence-corrected chi connectivity index (χ0v) is 18.4. The molecule has 1 N–H and O–H groups in total. The smallest absolute Gasteiger partial charge is 0.315 e. The fourth-order valence-corrected chi connectivity index (χ4v) is 3.86. The summed E-state index contributed by atoms with van der Waals surface area (Å²) >= 11 is 3.89. The van der Waals surface area contributed by atoms with Crippen LogP contribution in [0.2, 0.25) is 0 Å². The molecule has 9 nitrogen and oxygen atoms in total. The Morgan fingerprint density at radius 2 is 1.97 bits per heavy atom. The molecule has 0 radical (unpaired) electrons. The monoisotopic (exact) mass is 506 g/mol. The molecule has 31 heavy (non-hydrogen) atoms. The second kappa shape index (κ2) is 9.31. The van der Waals surface area contributed by atoms with E-state index in [-0.39, 0.29) is 22.8 Å². The minimum Gasteiger partial charge on any atom is -0.500 e. The molecule has 0 aliphatic carbocycles. The van der Waals surface area contributed by atoms with Crippen LogP contribution in [0, 0.1) is 10.1 Å². The van der Waals surface area contributed by atoms with Crippen molar-refractivity contribution in [3.63, 3.8) is 0 Å². The zero-order chi connectivity index (χ0) is 22.7. The van der Waals surface area contributed by atoms with Crippen LogP contribution in [0.25, 0.3) is 6.08 Å². The van der Waals surface area contributed by atoms with Crippen molar-refractivity contribution in [2.75, 3.05) is 13.2 Å². The third-order valence-electron chi connectivity index (χ3n) is 4.21. The van der Waals surface area contributed by atoms with Crippen LogP contribution < -0.4 is 4.74 Å². The van der Waals surface area contributed by atoms with Gasteiger partial charge in [0.2, 0.25) is 5.75 Å². The Balaban J connectivity index is 1.87. The molecule has 11 heteroatoms. The molecule has 1 heterocycles. The number of nitro groups is 1. The summed E-state index contributed by atoms with van der Waals surface area (Å²) in [6, 6.07) is 8.90. The molecule has 160 valence electrons. The summed E-state index contributed by atoms with van der Waals surface area (Å²) in [5, 5.41) is 20.6. The van der Waals surface area contributed by atoms with E-state index in [1.807, 2.05) is 0 Å². The van der Waals surface area contributed by atoms with E-state index in [9.17, 15) is 29.6 Å². The van der Waals surface area contributed by atoms with Gasteiger partial charge in [0, 0.05) is 16.1 Å². The third-order valence-corrected chi connectivity index (χ3v) is 5.65. The topological polar surface area (TPSA) is 127 Å². The average molecular weight is 507 g/mol. The molecule has 0 spiro atoms. The quantitative estimate of drug-likeness (QED) is 0.253. The molecule has 2 aromatic carbocycles. The van der Waals surface area contributed by atoms with E-state index < -0.39 is 39.8 Å². The maximum atomic E-state index is 12.7. The minimum absolute atomic E-state index is 0.00366. The number of nitro benzene ring substituents is 1. The molecule has 1 aliphatic rings. The van der Waals surface area contributed by atoms with Crippen molar-refractivity contribution in [2.24, 2.45) is 0 Å². The van der Waals surface area contributed by atoms with Crippen molar-refractivity contribution in [1.29, 1.82) is 0 Å². The van der Waals surface area contributed by atoms with Crippen LogP contribution in [0.5, 0.6) is 11.5 Å². The first-order chi connectivity index (χ1) is 14.7. The lowest BCUT2D eigenvalue weighted by atomic mass is 10.1. The van der Waals surface area contributed by atoms with Crippen LogP contribution >= 0.6 is 27.7 Å². The fraction of sp³-hybridized carbons (Fsp3) is 0.150. The lowest BCUT2D eigenvalue weighted by Gasteiger charge is -2.11. The van der Waals surface area contributed by atoms with Gasteiger partial charge in [-0.25, -0.2) is 0 Å². The number of ether oxygens (including phenoxy) is 1. The van der Waals surface area contributed by atoms with Crippen molar-refractivity contribution in [3.05, 3.63) is 67.0 Å². The predicted molar refractivity (Wildman–Crippen MR) is 117 cm³/mol. The first-order valence-corrected chi connectivity index (χ1v) is 10.5. The fourth-order valence-electron chi connectivity index (χ4n) is 2.76. The van der Waals surface area contributed by atoms with Gasteiger partial charge < -0.3 is 9.84 Å². The maximum Gasteiger partial charge on any atom is 0.315 e. The number of Topliss-reactive ketones (excluding diaryl/α,β-unsaturated/α-hetero) is 1. The van der Waals surface area contributed by atoms with E-state index in [1.54, 1.807) is 31.2 Å². The third kappa shape index (κ3) is 4.94. The second-order valence-electron chi connectivity index (χ2n) is 6.27. The van der Waals surface area contributed by atoms with Gasteiger partial charge >= 0.3 is 5.69 Å². The van der Waals surface area contributed by atoms with Gasteiger partial charge in [-0.15, -0.1) is 0 Å². The number of phenols is 1. The standard InChI is InChI=1S/C20H15BrN2O7S/c1-2-30-16-8-11(7-14(18(16)25)23(28)29)9-17-19(26)22(20(27)31-17)10-15(24)12-3-5-13(21)6-4-12/h3-9,25H,2,10H2,1H3/b17-9-. The molecule has 0 atom stereocenters. The summed E-state index contributed by atoms with van der Waals surface area (Å²) in [7, 11) is 0. The predicted octanol–water partition coefficient (Wildman–Crippen LogP) is 4.38. The van der Waals surface area contributed by atoms with Gasteiger partial charge in [0.15, 0.2) is 11.5 Å². The highest BCUT2D eigenvalue weighted by Crippen LogP contribution is 2.39. The highest BCUT2D eigenvalue weighted by atomic mass is 79.9. The number of hydrogen-bond acceptors (Lipinski definition) is 8. The molecule has 1 saturated heterocycles. The first-order valence-electron chi connectivity index (χ1n) is 8.89. The molecule has 2 amide bonds. The van der Waals surface area contributed by atoms with E-state index in [1.165, 1.54) is 12.1 Å². The Labute approximate surface area is 189 Å². The van der Waals surface area contributed by atoms with Crippen LogP contribution in [-0.2, 0) is 4.79 Å². The number of benzene rings is 2. The summed E-state index contributed by atoms with van der Waals surface area (Å²) in [4.78, 5) is 48.7. The molecule has 3 rings (SSSR count). The van der Waals surface area contributed by atoms with Gasteiger partial charge in [-0.2, -0.15) is 0 Å². The highest BCUT2D eigenvalue weighted by molar-refractivity contribution is 9.10. The van der Waals surface area contributed by atoms with E-state index in [2.05, 4.69) is 15.9 Å². The Morgan fingerprint density at radius 3 is 2.58 bits per heavy atom. The number of imide groups is 1. The van der Waals surface area contributed by atoms with Crippen molar-refractivity contribution in [1.82, 2.24) is 4.90 Å². The Kier molecular flexibility index (Phi) is 6.76. The Bertz CT molecular complexity index is 1120. The van der Waals surface area contributed by atoms with Gasteiger partial charge in [-0.05, 0) is 48.5 Å². The van der Waals surface area contributed by atoms with E-state index in [4.69, 9.17) is 4.74 Å². The molecular formula is C20H15BrN2O7S. The normalized spacial score (nSPS) is 14.9. The lowest BCUT2D eigenvalue weighted by molar-refractivity contribution is -0.386. The van der Waals surface area contributed by atoms with Crippen molar-refractivity contribution >= 4 is 56.4 Å². The molecule has 0 unspecified atom stereocenters. The van der Waals surface area contributed by atoms with E-state index >= 15 is 0 Å².